The first-order chi connectivity index (χ1) is 22.7. The van der Waals surface area contributed by atoms with Crippen molar-refractivity contribution in [2.24, 2.45) is 4.99 Å². The molecule has 0 radical (unpaired) electrons. The van der Waals surface area contributed by atoms with Crippen molar-refractivity contribution in [3.8, 4) is 5.75 Å². The van der Waals surface area contributed by atoms with Gasteiger partial charge in [-0.3, -0.25) is 9.36 Å². The number of thiazole rings is 1. The Hall–Kier alpha value is -4.79. The zero-order valence-corrected chi connectivity index (χ0v) is 27.6. The summed E-state index contributed by atoms with van der Waals surface area (Å²) in [6.45, 7) is 6.13. The monoisotopic (exact) mass is 666 g/mol. The van der Waals surface area contributed by atoms with Gasteiger partial charge in [0.25, 0.3) is 5.56 Å². The third kappa shape index (κ3) is 6.70. The lowest BCUT2D eigenvalue weighted by molar-refractivity contribution is -0.138. The van der Waals surface area contributed by atoms with E-state index in [2.05, 4.69) is 13.8 Å². The average Bonchev–Trinajstić information content (AvgIpc) is 3.38. The summed E-state index contributed by atoms with van der Waals surface area (Å²) < 4.78 is 27.8. The lowest BCUT2D eigenvalue weighted by Crippen LogP contribution is -2.40. The molecule has 1 aliphatic heterocycles. The van der Waals surface area contributed by atoms with Gasteiger partial charge < -0.3 is 9.47 Å². The van der Waals surface area contributed by atoms with Crippen LogP contribution in [0.5, 0.6) is 5.75 Å². The normalized spacial score (nSPS) is 14.6. The van der Waals surface area contributed by atoms with E-state index >= 15 is 0 Å². The Morgan fingerprint density at radius 2 is 1.74 bits per heavy atom. The largest absolute Gasteiger partial charge is 0.488 e. The molecule has 5 aromatic rings. The van der Waals surface area contributed by atoms with E-state index in [1.165, 1.54) is 17.4 Å². The van der Waals surface area contributed by atoms with Crippen molar-refractivity contribution in [3.63, 3.8) is 0 Å². The maximum absolute atomic E-state index is 14.4. The molecule has 4 aromatic carbocycles. The molecule has 0 saturated carbocycles. The van der Waals surface area contributed by atoms with Crippen molar-refractivity contribution in [2.45, 2.75) is 39.3 Å². The number of nitrogens with zero attached hydrogens (tertiary/aromatic N) is 2. The van der Waals surface area contributed by atoms with E-state index in [0.717, 1.165) is 16.7 Å². The molecule has 0 aliphatic carbocycles. The summed E-state index contributed by atoms with van der Waals surface area (Å²) in [4.78, 5) is 33.4. The van der Waals surface area contributed by atoms with Crippen molar-refractivity contribution in [2.75, 3.05) is 6.61 Å². The SMILES string of the molecule is CCOC(=O)C1=C(c2ccccc2)N=c2s/c(=C\c3cc(Cl)ccc3OCc3ccccc3F)c(=O)n2[C@@H]1c1ccc(C(C)C)cc1. The number of fused-ring (bicyclic) bond motifs is 1. The highest BCUT2D eigenvalue weighted by molar-refractivity contribution is 7.07. The van der Waals surface area contributed by atoms with Crippen LogP contribution in [-0.4, -0.2) is 17.1 Å². The first kappa shape index (κ1) is 32.2. The average molecular weight is 667 g/mol. The molecule has 1 aliphatic rings. The van der Waals surface area contributed by atoms with E-state index < -0.39 is 12.0 Å². The van der Waals surface area contributed by atoms with E-state index in [9.17, 15) is 14.0 Å². The third-order valence-corrected chi connectivity index (χ3v) is 9.11. The number of benzene rings is 4. The summed E-state index contributed by atoms with van der Waals surface area (Å²) >= 11 is 7.59. The van der Waals surface area contributed by atoms with Crippen LogP contribution in [0.3, 0.4) is 0 Å². The minimum atomic E-state index is -0.792. The van der Waals surface area contributed by atoms with E-state index in [1.807, 2.05) is 54.6 Å². The summed E-state index contributed by atoms with van der Waals surface area (Å²) in [6.07, 6.45) is 1.70. The fourth-order valence-electron chi connectivity index (χ4n) is 5.49. The van der Waals surface area contributed by atoms with Crippen LogP contribution in [0.4, 0.5) is 4.39 Å². The summed E-state index contributed by atoms with van der Waals surface area (Å²) in [5.74, 6) is -0.176. The highest BCUT2D eigenvalue weighted by atomic mass is 35.5. The number of hydrogen-bond acceptors (Lipinski definition) is 6. The Morgan fingerprint density at radius 3 is 2.45 bits per heavy atom. The Kier molecular flexibility index (Phi) is 9.52. The van der Waals surface area contributed by atoms with E-state index in [-0.39, 0.29) is 30.2 Å². The lowest BCUT2D eigenvalue weighted by atomic mass is 9.91. The van der Waals surface area contributed by atoms with Crippen LogP contribution in [0.15, 0.2) is 112 Å². The Bertz CT molecular complexity index is 2150. The second-order valence-electron chi connectivity index (χ2n) is 11.3. The summed E-state index contributed by atoms with van der Waals surface area (Å²) in [5, 5.41) is 0.446. The Balaban J connectivity index is 1.54. The standard InChI is InChI=1S/C38H32ClFN2O4S/c1-4-45-37(44)33-34(25-10-6-5-7-11-25)41-38-42(35(33)26-16-14-24(15-17-26)23(2)3)36(43)32(47-38)21-28-20-29(39)18-19-31(28)46-22-27-12-8-9-13-30(27)40/h5-21,23,35H,4,22H2,1-3H3/b32-21-/t35-/m1/s1. The van der Waals surface area contributed by atoms with Gasteiger partial charge in [0.15, 0.2) is 4.80 Å². The maximum Gasteiger partial charge on any atom is 0.338 e. The van der Waals surface area contributed by atoms with Gasteiger partial charge in [0.1, 0.15) is 18.2 Å². The molecule has 0 bridgehead atoms. The molecule has 1 atom stereocenters. The van der Waals surface area contributed by atoms with Gasteiger partial charge >= 0.3 is 5.97 Å². The number of ether oxygens (including phenoxy) is 2. The van der Waals surface area contributed by atoms with Crippen LogP contribution < -0.4 is 19.6 Å². The van der Waals surface area contributed by atoms with Crippen molar-refractivity contribution in [1.29, 1.82) is 0 Å². The molecule has 1 aromatic heterocycles. The van der Waals surface area contributed by atoms with Crippen molar-refractivity contribution in [3.05, 3.63) is 161 Å². The molecule has 238 valence electrons. The number of carbonyl (C=O) groups excluding carboxylic acids is 1. The van der Waals surface area contributed by atoms with E-state index in [1.54, 1.807) is 54.0 Å². The maximum atomic E-state index is 14.4. The van der Waals surface area contributed by atoms with Gasteiger partial charge in [-0.2, -0.15) is 0 Å². The summed E-state index contributed by atoms with van der Waals surface area (Å²) in [6, 6.07) is 28.0. The van der Waals surface area contributed by atoms with Crippen LogP contribution >= 0.6 is 22.9 Å². The molecule has 0 amide bonds. The van der Waals surface area contributed by atoms with Gasteiger partial charge in [-0.15, -0.1) is 0 Å². The second-order valence-corrected chi connectivity index (χ2v) is 12.8. The quantitative estimate of drug-likeness (QED) is 0.154. The molecular weight excluding hydrogens is 635 g/mol. The van der Waals surface area contributed by atoms with E-state index in [4.69, 9.17) is 26.1 Å². The highest BCUT2D eigenvalue weighted by Crippen LogP contribution is 2.36. The molecule has 9 heteroatoms. The molecule has 0 spiro atoms. The van der Waals surface area contributed by atoms with Crippen LogP contribution in [0.1, 0.15) is 60.5 Å². The van der Waals surface area contributed by atoms with Gasteiger partial charge in [0.2, 0.25) is 0 Å². The number of rotatable bonds is 9. The first-order valence-electron chi connectivity index (χ1n) is 15.3. The topological polar surface area (TPSA) is 69.9 Å². The Labute approximate surface area is 280 Å². The molecule has 6 rings (SSSR count). The lowest BCUT2D eigenvalue weighted by Gasteiger charge is -2.26. The molecule has 47 heavy (non-hydrogen) atoms. The molecular formula is C38H32ClFN2O4S. The van der Waals surface area contributed by atoms with Crippen LogP contribution in [0, 0.1) is 5.82 Å². The van der Waals surface area contributed by atoms with Crippen LogP contribution in [0.2, 0.25) is 5.02 Å². The number of esters is 1. The zero-order chi connectivity index (χ0) is 33.1. The smallest absolute Gasteiger partial charge is 0.338 e. The van der Waals surface area contributed by atoms with Gasteiger partial charge in [0.05, 0.1) is 28.5 Å². The molecule has 0 unspecified atom stereocenters. The van der Waals surface area contributed by atoms with Gasteiger partial charge in [-0.05, 0) is 54.3 Å². The number of aromatic nitrogens is 1. The predicted octanol–water partition coefficient (Wildman–Crippen LogP) is 7.43. The van der Waals surface area contributed by atoms with E-state index in [0.29, 0.717) is 42.8 Å². The highest BCUT2D eigenvalue weighted by Gasteiger charge is 2.35. The minimum Gasteiger partial charge on any atom is -0.488 e. The van der Waals surface area contributed by atoms with Gasteiger partial charge in [-0.1, -0.05) is 110 Å². The first-order valence-corrected chi connectivity index (χ1v) is 16.5. The van der Waals surface area contributed by atoms with Crippen molar-refractivity contribution < 1.29 is 18.7 Å². The van der Waals surface area contributed by atoms with Crippen molar-refractivity contribution >= 4 is 40.7 Å². The predicted molar refractivity (Wildman–Crippen MR) is 184 cm³/mol. The molecule has 0 fully saturated rings. The number of halogens is 2. The van der Waals surface area contributed by atoms with Crippen molar-refractivity contribution in [1.82, 2.24) is 4.57 Å². The fourth-order valence-corrected chi connectivity index (χ4v) is 6.67. The summed E-state index contributed by atoms with van der Waals surface area (Å²) in [5.41, 5.74) is 3.97. The second kappa shape index (κ2) is 13.9. The van der Waals surface area contributed by atoms with Crippen LogP contribution in [0.25, 0.3) is 11.8 Å². The Morgan fingerprint density at radius 1 is 1.02 bits per heavy atom. The molecule has 2 heterocycles. The molecule has 0 N–H and O–H groups in total. The van der Waals surface area contributed by atoms with Gasteiger partial charge in [-0.25, -0.2) is 14.2 Å². The third-order valence-electron chi connectivity index (χ3n) is 7.89. The number of hydrogen-bond donors (Lipinski definition) is 0. The summed E-state index contributed by atoms with van der Waals surface area (Å²) in [7, 11) is 0. The number of carbonyl (C=O) groups is 1. The fraction of sp³-hybridized carbons (Fsp3) is 0.184. The molecule has 6 nitrogen and oxygen atoms in total. The zero-order valence-electron chi connectivity index (χ0n) is 26.1. The molecule has 0 saturated heterocycles. The van der Waals surface area contributed by atoms with Crippen LogP contribution in [-0.2, 0) is 16.1 Å². The minimum absolute atomic E-state index is 0.00783. The van der Waals surface area contributed by atoms with Gasteiger partial charge in [0, 0.05) is 21.7 Å².